The van der Waals surface area contributed by atoms with Crippen LogP contribution in [0.5, 0.6) is 0 Å². The van der Waals surface area contributed by atoms with Crippen LogP contribution in [0.25, 0.3) is 10.9 Å². The molecule has 7 nitrogen and oxygen atoms in total. The average molecular weight is 368 g/mol. The van der Waals surface area contributed by atoms with Crippen LogP contribution in [0.15, 0.2) is 41.6 Å². The SMILES string of the molecule is O=C(Cn1cnc2cc(F)ccc2c1=O)c1c[nH]c(C(=O)N2CCCC2)c1. The van der Waals surface area contributed by atoms with Crippen molar-refractivity contribution in [2.24, 2.45) is 0 Å². The largest absolute Gasteiger partial charge is 0.356 e. The maximum absolute atomic E-state index is 13.2. The van der Waals surface area contributed by atoms with Gasteiger partial charge in [0, 0.05) is 30.9 Å². The van der Waals surface area contributed by atoms with Gasteiger partial charge in [-0.05, 0) is 31.0 Å². The first-order valence-electron chi connectivity index (χ1n) is 8.68. The monoisotopic (exact) mass is 368 g/mol. The van der Waals surface area contributed by atoms with Crippen molar-refractivity contribution >= 4 is 22.6 Å². The van der Waals surface area contributed by atoms with Gasteiger partial charge in [0.15, 0.2) is 5.78 Å². The Labute approximate surface area is 153 Å². The van der Waals surface area contributed by atoms with Crippen molar-refractivity contribution in [3.63, 3.8) is 0 Å². The quantitative estimate of drug-likeness (QED) is 0.714. The number of carbonyl (C=O) groups is 2. The summed E-state index contributed by atoms with van der Waals surface area (Å²) in [6.45, 7) is 1.23. The van der Waals surface area contributed by atoms with Gasteiger partial charge in [-0.1, -0.05) is 0 Å². The number of benzene rings is 1. The van der Waals surface area contributed by atoms with E-state index in [9.17, 15) is 18.8 Å². The molecule has 1 aromatic carbocycles. The Balaban J connectivity index is 1.55. The van der Waals surface area contributed by atoms with Gasteiger partial charge in [-0.3, -0.25) is 19.0 Å². The molecule has 1 aliphatic heterocycles. The summed E-state index contributed by atoms with van der Waals surface area (Å²) in [5.41, 5.74) is 0.504. The standard InChI is InChI=1S/C19H17FN4O3/c20-13-3-4-14-15(8-13)22-11-24(18(14)26)10-17(25)12-7-16(21-9-12)19(27)23-5-1-2-6-23/h3-4,7-9,11,21H,1-2,5-6,10H2. The highest BCUT2D eigenvalue weighted by atomic mass is 19.1. The summed E-state index contributed by atoms with van der Waals surface area (Å²) in [4.78, 5) is 46.0. The predicted molar refractivity (Wildman–Crippen MR) is 96.2 cm³/mol. The van der Waals surface area contributed by atoms with Crippen molar-refractivity contribution in [3.8, 4) is 0 Å². The van der Waals surface area contributed by atoms with Crippen molar-refractivity contribution in [2.75, 3.05) is 13.1 Å². The Bertz CT molecular complexity index is 1100. The lowest BCUT2D eigenvalue weighted by molar-refractivity contribution is 0.0787. The van der Waals surface area contributed by atoms with E-state index >= 15 is 0 Å². The zero-order valence-corrected chi connectivity index (χ0v) is 14.4. The molecule has 27 heavy (non-hydrogen) atoms. The van der Waals surface area contributed by atoms with E-state index in [0.717, 1.165) is 25.9 Å². The number of H-pyrrole nitrogens is 1. The molecule has 4 rings (SSSR count). The van der Waals surface area contributed by atoms with Crippen LogP contribution in [-0.2, 0) is 6.54 Å². The maximum Gasteiger partial charge on any atom is 0.270 e. The molecule has 1 fully saturated rings. The second-order valence-electron chi connectivity index (χ2n) is 6.56. The van der Waals surface area contributed by atoms with E-state index in [4.69, 9.17) is 0 Å². The predicted octanol–water partition coefficient (Wildman–Crippen LogP) is 1.98. The van der Waals surface area contributed by atoms with E-state index in [0.29, 0.717) is 11.3 Å². The number of hydrogen-bond donors (Lipinski definition) is 1. The lowest BCUT2D eigenvalue weighted by atomic mass is 10.2. The number of likely N-dealkylation sites (tertiary alicyclic amines) is 1. The van der Waals surface area contributed by atoms with Crippen LogP contribution in [0.3, 0.4) is 0 Å². The molecule has 0 spiro atoms. The highest BCUT2D eigenvalue weighted by Crippen LogP contribution is 2.14. The zero-order valence-electron chi connectivity index (χ0n) is 14.4. The van der Waals surface area contributed by atoms with Gasteiger partial charge in [0.05, 0.1) is 23.8 Å². The minimum Gasteiger partial charge on any atom is -0.356 e. The van der Waals surface area contributed by atoms with Crippen LogP contribution in [0.2, 0.25) is 0 Å². The molecule has 1 amide bonds. The number of aromatic amines is 1. The molecule has 1 N–H and O–H groups in total. The van der Waals surface area contributed by atoms with E-state index in [-0.39, 0.29) is 29.1 Å². The number of nitrogens with zero attached hydrogens (tertiary/aromatic N) is 3. The molecule has 1 saturated heterocycles. The molecule has 0 atom stereocenters. The molecule has 8 heteroatoms. The van der Waals surface area contributed by atoms with Gasteiger partial charge in [0.1, 0.15) is 11.5 Å². The summed E-state index contributed by atoms with van der Waals surface area (Å²) >= 11 is 0. The number of ketones is 1. The molecule has 0 saturated carbocycles. The van der Waals surface area contributed by atoms with E-state index in [2.05, 4.69) is 9.97 Å². The molecule has 2 aromatic heterocycles. The van der Waals surface area contributed by atoms with Crippen molar-refractivity contribution in [1.29, 1.82) is 0 Å². The molecular formula is C19H17FN4O3. The Morgan fingerprint density at radius 3 is 2.74 bits per heavy atom. The third-order valence-electron chi connectivity index (χ3n) is 4.73. The first-order valence-corrected chi connectivity index (χ1v) is 8.68. The summed E-state index contributed by atoms with van der Waals surface area (Å²) in [5.74, 6) is -0.930. The fourth-order valence-electron chi connectivity index (χ4n) is 3.26. The molecule has 1 aliphatic rings. The fraction of sp³-hybridized carbons (Fsp3) is 0.263. The van der Waals surface area contributed by atoms with Gasteiger partial charge in [0.25, 0.3) is 11.5 Å². The highest BCUT2D eigenvalue weighted by molar-refractivity contribution is 6.00. The van der Waals surface area contributed by atoms with Gasteiger partial charge in [-0.15, -0.1) is 0 Å². The average Bonchev–Trinajstić information content (AvgIpc) is 3.35. The lowest BCUT2D eigenvalue weighted by Crippen LogP contribution is -2.27. The van der Waals surface area contributed by atoms with E-state index in [1.54, 1.807) is 4.90 Å². The van der Waals surface area contributed by atoms with Crippen LogP contribution in [-0.4, -0.2) is 44.2 Å². The number of fused-ring (bicyclic) bond motifs is 1. The van der Waals surface area contributed by atoms with Crippen molar-refractivity contribution in [3.05, 3.63) is 64.2 Å². The van der Waals surface area contributed by atoms with E-state index in [1.807, 2.05) is 0 Å². The molecule has 0 radical (unpaired) electrons. The number of halogens is 1. The maximum atomic E-state index is 13.2. The Morgan fingerprint density at radius 2 is 1.96 bits per heavy atom. The number of amides is 1. The highest BCUT2D eigenvalue weighted by Gasteiger charge is 2.22. The summed E-state index contributed by atoms with van der Waals surface area (Å²) in [6, 6.07) is 5.22. The summed E-state index contributed by atoms with van der Waals surface area (Å²) in [6.07, 6.45) is 4.67. The van der Waals surface area contributed by atoms with Gasteiger partial charge in [0.2, 0.25) is 0 Å². The minimum absolute atomic E-state index is 0.127. The number of nitrogens with one attached hydrogen (secondary N) is 1. The first-order chi connectivity index (χ1) is 13.0. The summed E-state index contributed by atoms with van der Waals surface area (Å²) in [5, 5.41) is 0.241. The van der Waals surface area contributed by atoms with Crippen LogP contribution in [0, 0.1) is 5.82 Å². The van der Waals surface area contributed by atoms with Crippen LogP contribution >= 0.6 is 0 Å². The number of Topliss-reactive ketones (excluding diaryl/α,β-unsaturated/α-hetero) is 1. The third kappa shape index (κ3) is 3.25. The van der Waals surface area contributed by atoms with Crippen molar-refractivity contribution in [1.82, 2.24) is 19.4 Å². The molecule has 0 aliphatic carbocycles. The van der Waals surface area contributed by atoms with Crippen LogP contribution < -0.4 is 5.56 Å². The first kappa shape index (κ1) is 17.1. The van der Waals surface area contributed by atoms with E-state index in [1.165, 1.54) is 41.4 Å². The summed E-state index contributed by atoms with van der Waals surface area (Å²) in [7, 11) is 0. The summed E-state index contributed by atoms with van der Waals surface area (Å²) < 4.78 is 14.4. The molecule has 0 unspecified atom stereocenters. The normalized spacial score (nSPS) is 14.0. The smallest absolute Gasteiger partial charge is 0.270 e. The fourth-order valence-corrected chi connectivity index (χ4v) is 3.26. The van der Waals surface area contributed by atoms with Crippen LogP contribution in [0.4, 0.5) is 4.39 Å². The minimum atomic E-state index is -0.481. The number of carbonyl (C=O) groups excluding carboxylic acids is 2. The second-order valence-corrected chi connectivity index (χ2v) is 6.56. The van der Waals surface area contributed by atoms with Gasteiger partial charge in [-0.25, -0.2) is 9.37 Å². The number of aromatic nitrogens is 3. The molecule has 0 bridgehead atoms. The van der Waals surface area contributed by atoms with Crippen molar-refractivity contribution < 1.29 is 14.0 Å². The Morgan fingerprint density at radius 1 is 1.19 bits per heavy atom. The second kappa shape index (κ2) is 6.79. The number of rotatable bonds is 4. The number of hydrogen-bond acceptors (Lipinski definition) is 4. The van der Waals surface area contributed by atoms with Crippen LogP contribution in [0.1, 0.15) is 33.7 Å². The molecular weight excluding hydrogens is 351 g/mol. The Hall–Kier alpha value is -3.29. The third-order valence-corrected chi connectivity index (χ3v) is 4.73. The molecule has 138 valence electrons. The van der Waals surface area contributed by atoms with Crippen molar-refractivity contribution in [2.45, 2.75) is 19.4 Å². The lowest BCUT2D eigenvalue weighted by Gasteiger charge is -2.13. The van der Waals surface area contributed by atoms with Gasteiger partial charge < -0.3 is 9.88 Å². The van der Waals surface area contributed by atoms with Gasteiger partial charge >= 0.3 is 0 Å². The zero-order chi connectivity index (χ0) is 19.0. The van der Waals surface area contributed by atoms with Gasteiger partial charge in [-0.2, -0.15) is 0 Å². The molecule has 3 aromatic rings. The van der Waals surface area contributed by atoms with E-state index < -0.39 is 11.4 Å². The molecule has 3 heterocycles. The Kier molecular flexibility index (Phi) is 4.31. The topological polar surface area (TPSA) is 88.1 Å².